The summed E-state index contributed by atoms with van der Waals surface area (Å²) in [5.41, 5.74) is 0. The summed E-state index contributed by atoms with van der Waals surface area (Å²) in [5.74, 6) is 0. The van der Waals surface area contributed by atoms with Crippen LogP contribution in [0.5, 0.6) is 0 Å². The molecule has 0 aromatic carbocycles. The van der Waals surface area contributed by atoms with Gasteiger partial charge in [0.1, 0.15) is 25.3 Å². The molecule has 9 heteroatoms. The Kier molecular flexibility index (Phi) is 4.70. The molecule has 0 aliphatic carbocycles. The molecule has 6 nitrogen and oxygen atoms in total. The van der Waals surface area contributed by atoms with Crippen molar-refractivity contribution in [2.24, 2.45) is 0 Å². The van der Waals surface area contributed by atoms with Crippen molar-refractivity contribution in [3.8, 4) is 0 Å². The summed E-state index contributed by atoms with van der Waals surface area (Å²) < 4.78 is 57.1. The van der Waals surface area contributed by atoms with E-state index in [1.807, 2.05) is 0 Å². The van der Waals surface area contributed by atoms with Crippen molar-refractivity contribution >= 4 is 20.2 Å². The van der Waals surface area contributed by atoms with Crippen LogP contribution in [0.2, 0.25) is 0 Å². The van der Waals surface area contributed by atoms with Gasteiger partial charge in [0, 0.05) is 0 Å². The molecule has 0 saturated heterocycles. The van der Waals surface area contributed by atoms with Crippen molar-refractivity contribution < 1.29 is 42.4 Å². The maximum Gasteiger partial charge on any atom is 2.00 e. The second-order valence-electron chi connectivity index (χ2n) is 1.23. The summed E-state index contributed by atoms with van der Waals surface area (Å²) in [6.07, 6.45) is 0. The average Bonchev–Trinajstić information content (AvgIpc) is 1.14. The predicted octanol–water partition coefficient (Wildman–Crippen LogP) is -1.97. The van der Waals surface area contributed by atoms with Crippen molar-refractivity contribution in [1.29, 1.82) is 0 Å². The fraction of sp³-hybridized carbons (Fsp3) is 1.00. The van der Waals surface area contributed by atoms with Gasteiger partial charge in [0.15, 0.2) is 0 Å². The van der Waals surface area contributed by atoms with E-state index in [1.165, 1.54) is 0 Å². The SMILES string of the molecule is O=S(=O)([O-])CS(=O)(=O)[O-].[Ni+2]. The van der Waals surface area contributed by atoms with E-state index in [-0.39, 0.29) is 16.5 Å². The summed E-state index contributed by atoms with van der Waals surface area (Å²) in [4.78, 5) is 0. The van der Waals surface area contributed by atoms with Gasteiger partial charge >= 0.3 is 16.5 Å². The van der Waals surface area contributed by atoms with Gasteiger partial charge in [-0.3, -0.25) is 0 Å². The first-order valence-corrected chi connectivity index (χ1v) is 4.73. The van der Waals surface area contributed by atoms with E-state index in [0.29, 0.717) is 0 Å². The molecular weight excluding hydrogens is 231 g/mol. The van der Waals surface area contributed by atoms with E-state index < -0.39 is 25.3 Å². The Morgan fingerprint density at radius 1 is 0.900 bits per heavy atom. The van der Waals surface area contributed by atoms with E-state index in [2.05, 4.69) is 0 Å². The van der Waals surface area contributed by atoms with Crippen LogP contribution < -0.4 is 0 Å². The second kappa shape index (κ2) is 3.63. The van der Waals surface area contributed by atoms with E-state index in [0.717, 1.165) is 0 Å². The molecule has 10 heavy (non-hydrogen) atoms. The van der Waals surface area contributed by atoms with Crippen molar-refractivity contribution in [2.75, 3.05) is 5.08 Å². The van der Waals surface area contributed by atoms with Crippen molar-refractivity contribution in [2.45, 2.75) is 0 Å². The Morgan fingerprint density at radius 2 is 1.10 bits per heavy atom. The first-order valence-electron chi connectivity index (χ1n) is 1.58. The van der Waals surface area contributed by atoms with Crippen LogP contribution in [-0.2, 0) is 36.7 Å². The molecule has 0 heterocycles. The van der Waals surface area contributed by atoms with Gasteiger partial charge in [-0.15, -0.1) is 0 Å². The van der Waals surface area contributed by atoms with Crippen LogP contribution in [0.15, 0.2) is 0 Å². The van der Waals surface area contributed by atoms with Gasteiger partial charge < -0.3 is 9.11 Å². The van der Waals surface area contributed by atoms with Crippen LogP contribution in [0.1, 0.15) is 0 Å². The van der Waals surface area contributed by atoms with Gasteiger partial charge in [0.25, 0.3) is 0 Å². The average molecular weight is 233 g/mol. The van der Waals surface area contributed by atoms with Gasteiger partial charge in [0.2, 0.25) is 0 Å². The van der Waals surface area contributed by atoms with Crippen LogP contribution in [0.3, 0.4) is 0 Å². The van der Waals surface area contributed by atoms with Crippen molar-refractivity contribution in [1.82, 2.24) is 0 Å². The topological polar surface area (TPSA) is 114 Å². The number of hydrogen-bond donors (Lipinski definition) is 0. The first-order chi connectivity index (χ1) is 3.71. The third kappa shape index (κ3) is 11.2. The van der Waals surface area contributed by atoms with Gasteiger partial charge in [-0.2, -0.15) is 0 Å². The maximum atomic E-state index is 9.51. The molecule has 0 fully saturated rings. The normalized spacial score (nSPS) is 12.2. The zero-order valence-corrected chi connectivity index (χ0v) is 6.91. The smallest absolute Gasteiger partial charge is 0.747 e. The fourth-order valence-corrected chi connectivity index (χ4v) is 1.59. The van der Waals surface area contributed by atoms with Gasteiger partial charge in [0.05, 0.1) is 0 Å². The Labute approximate surface area is 68.0 Å². The van der Waals surface area contributed by atoms with Crippen LogP contribution in [-0.4, -0.2) is 31.0 Å². The molecular formula is CH2NiO6S2. The molecule has 0 aliphatic rings. The summed E-state index contributed by atoms with van der Waals surface area (Å²) >= 11 is 0. The summed E-state index contributed by atoms with van der Waals surface area (Å²) in [6.45, 7) is 0. The van der Waals surface area contributed by atoms with Crippen LogP contribution in [0.4, 0.5) is 0 Å². The van der Waals surface area contributed by atoms with Crippen LogP contribution in [0, 0.1) is 0 Å². The monoisotopic (exact) mass is 232 g/mol. The molecule has 0 spiro atoms. The largest absolute Gasteiger partial charge is 2.00 e. The van der Waals surface area contributed by atoms with Crippen LogP contribution in [0.25, 0.3) is 0 Å². The molecule has 0 aliphatic heterocycles. The predicted molar refractivity (Wildman–Crippen MR) is 24.3 cm³/mol. The Hall–Kier alpha value is 0.314. The fourth-order valence-electron chi connectivity index (χ4n) is 0.177. The molecule has 0 aromatic rings. The Morgan fingerprint density at radius 3 is 1.10 bits per heavy atom. The van der Waals surface area contributed by atoms with Gasteiger partial charge in [-0.05, 0) is 0 Å². The third-order valence-electron chi connectivity index (χ3n) is 0.289. The minimum Gasteiger partial charge on any atom is -0.747 e. The third-order valence-corrected chi connectivity index (χ3v) is 2.60. The standard InChI is InChI=1S/CH4O6S2.Ni/c2-8(3,4)1-9(5,6)7;/h1H2,(H,2,3,4)(H,5,6,7);/q;+2/p-2. The molecule has 0 aromatic heterocycles. The molecule has 0 amide bonds. The molecule has 0 saturated carbocycles. The second-order valence-corrected chi connectivity index (χ2v) is 4.41. The van der Waals surface area contributed by atoms with Gasteiger partial charge in [-0.1, -0.05) is 0 Å². The number of hydrogen-bond acceptors (Lipinski definition) is 6. The van der Waals surface area contributed by atoms with E-state index in [9.17, 15) is 25.9 Å². The van der Waals surface area contributed by atoms with Crippen molar-refractivity contribution in [3.05, 3.63) is 0 Å². The van der Waals surface area contributed by atoms with Crippen LogP contribution >= 0.6 is 0 Å². The minimum atomic E-state index is -4.93. The Balaban J connectivity index is 0. The van der Waals surface area contributed by atoms with E-state index in [4.69, 9.17) is 0 Å². The minimum absolute atomic E-state index is 0. The quantitative estimate of drug-likeness (QED) is 0.403. The maximum absolute atomic E-state index is 9.51. The first kappa shape index (κ1) is 12.9. The summed E-state index contributed by atoms with van der Waals surface area (Å²) in [7, 11) is -9.86. The van der Waals surface area contributed by atoms with Crippen molar-refractivity contribution in [3.63, 3.8) is 0 Å². The molecule has 0 unspecified atom stereocenters. The van der Waals surface area contributed by atoms with E-state index in [1.54, 1.807) is 0 Å². The molecule has 64 valence electrons. The Bertz CT molecular complexity index is 241. The van der Waals surface area contributed by atoms with E-state index >= 15 is 0 Å². The molecule has 0 N–H and O–H groups in total. The summed E-state index contributed by atoms with van der Waals surface area (Å²) in [5, 5.41) is -1.88. The molecule has 0 rings (SSSR count). The molecule has 0 bridgehead atoms. The zero-order chi connectivity index (χ0) is 7.71. The zero-order valence-electron chi connectivity index (χ0n) is 4.29. The molecule has 0 radical (unpaired) electrons. The number of rotatable bonds is 2. The van der Waals surface area contributed by atoms with Gasteiger partial charge in [-0.25, -0.2) is 16.8 Å². The molecule has 0 atom stereocenters. The summed E-state index contributed by atoms with van der Waals surface area (Å²) in [6, 6.07) is 0.